The van der Waals surface area contributed by atoms with Crippen LogP contribution in [0.2, 0.25) is 0 Å². The fraction of sp³-hybridized carbons (Fsp3) is 0.182. The zero-order valence-corrected chi connectivity index (χ0v) is 14.7. The Kier molecular flexibility index (Phi) is 3.76. The predicted octanol–water partition coefficient (Wildman–Crippen LogP) is 3.85. The van der Waals surface area contributed by atoms with E-state index in [0.717, 1.165) is 22.5 Å². The number of aryl methyl sites for hydroxylation is 1. The number of carbonyl (C=O) groups excluding carboxylic acids is 2. The van der Waals surface area contributed by atoms with Crippen LogP contribution in [0.5, 0.6) is 0 Å². The van der Waals surface area contributed by atoms with Crippen LogP contribution in [0.25, 0.3) is 0 Å². The van der Waals surface area contributed by atoms with Crippen LogP contribution in [0.15, 0.2) is 71.6 Å². The third-order valence-corrected chi connectivity index (χ3v) is 5.19. The van der Waals surface area contributed by atoms with Crippen molar-refractivity contribution >= 4 is 17.3 Å². The minimum Gasteiger partial charge on any atom is -0.401 e. The molecule has 0 saturated carbocycles. The first-order valence-corrected chi connectivity index (χ1v) is 8.66. The summed E-state index contributed by atoms with van der Waals surface area (Å²) in [5, 5.41) is 3.34. The predicted molar refractivity (Wildman–Crippen MR) is 102 cm³/mol. The number of hydrogen-bond acceptors (Lipinski definition) is 4. The number of hydrogen-bond donors (Lipinski definition) is 2. The molecular weight excluding hydrogens is 324 g/mol. The third kappa shape index (κ3) is 2.46. The lowest BCUT2D eigenvalue weighted by Gasteiger charge is -2.36. The van der Waals surface area contributed by atoms with E-state index < -0.39 is 11.8 Å². The van der Waals surface area contributed by atoms with Gasteiger partial charge in [0.2, 0.25) is 0 Å². The van der Waals surface area contributed by atoms with Crippen molar-refractivity contribution in [1.82, 2.24) is 0 Å². The Morgan fingerprint density at radius 1 is 0.846 bits per heavy atom. The standard InChI is InChI=1S/C22H20N2O2/c1-12-7-9-14(10-8-12)24-17-11-13(2)20(23)19-18(17)21(25)15-5-3-4-6-16(15)22(19)26/h3-11,18-19,24H,23H2,1-2H3. The van der Waals surface area contributed by atoms with Gasteiger partial charge >= 0.3 is 0 Å². The second kappa shape index (κ2) is 5.99. The second-order valence-electron chi connectivity index (χ2n) is 6.96. The third-order valence-electron chi connectivity index (χ3n) is 5.19. The molecule has 4 rings (SSSR count). The van der Waals surface area contributed by atoms with Gasteiger partial charge < -0.3 is 11.1 Å². The zero-order chi connectivity index (χ0) is 18.4. The lowest BCUT2D eigenvalue weighted by molar-refractivity contribution is 0.0784. The molecule has 26 heavy (non-hydrogen) atoms. The number of carbonyl (C=O) groups is 2. The molecule has 0 spiro atoms. The molecule has 2 unspecified atom stereocenters. The van der Waals surface area contributed by atoms with E-state index in [1.54, 1.807) is 24.3 Å². The van der Waals surface area contributed by atoms with Crippen LogP contribution < -0.4 is 11.1 Å². The quantitative estimate of drug-likeness (QED) is 0.868. The number of Topliss-reactive ketones (excluding diaryl/α,β-unsaturated/α-hetero) is 2. The fourth-order valence-corrected chi connectivity index (χ4v) is 3.76. The van der Waals surface area contributed by atoms with Gasteiger partial charge in [-0.3, -0.25) is 9.59 Å². The molecule has 2 aliphatic carbocycles. The Labute approximate surface area is 152 Å². The summed E-state index contributed by atoms with van der Waals surface area (Å²) in [6, 6.07) is 14.9. The molecule has 2 aromatic rings. The first kappa shape index (κ1) is 16.3. The molecule has 0 aliphatic heterocycles. The van der Waals surface area contributed by atoms with Gasteiger partial charge in [0, 0.05) is 28.2 Å². The van der Waals surface area contributed by atoms with Crippen LogP contribution in [0.3, 0.4) is 0 Å². The smallest absolute Gasteiger partial charge is 0.173 e. The van der Waals surface area contributed by atoms with Crippen molar-refractivity contribution in [2.45, 2.75) is 13.8 Å². The summed E-state index contributed by atoms with van der Waals surface area (Å²) >= 11 is 0. The average molecular weight is 344 g/mol. The summed E-state index contributed by atoms with van der Waals surface area (Å²) in [6.07, 6.45) is 1.88. The van der Waals surface area contributed by atoms with E-state index in [1.165, 1.54) is 0 Å². The summed E-state index contributed by atoms with van der Waals surface area (Å²) in [7, 11) is 0. The van der Waals surface area contributed by atoms with Crippen molar-refractivity contribution in [3.8, 4) is 0 Å². The summed E-state index contributed by atoms with van der Waals surface area (Å²) in [6.45, 7) is 3.90. The number of ketones is 2. The maximum atomic E-state index is 13.2. The van der Waals surface area contributed by atoms with E-state index in [4.69, 9.17) is 5.73 Å². The Morgan fingerprint density at radius 3 is 2.04 bits per heavy atom. The Balaban J connectivity index is 1.81. The molecule has 0 aromatic heterocycles. The molecule has 0 heterocycles. The van der Waals surface area contributed by atoms with Gasteiger partial charge in [-0.2, -0.15) is 0 Å². The van der Waals surface area contributed by atoms with E-state index in [0.29, 0.717) is 16.8 Å². The van der Waals surface area contributed by atoms with Crippen LogP contribution in [-0.2, 0) is 0 Å². The number of allylic oxidation sites excluding steroid dienone is 4. The number of nitrogens with one attached hydrogen (secondary N) is 1. The summed E-state index contributed by atoms with van der Waals surface area (Å²) in [4.78, 5) is 26.3. The van der Waals surface area contributed by atoms with Crippen molar-refractivity contribution in [3.63, 3.8) is 0 Å². The minimum atomic E-state index is -0.643. The molecule has 130 valence electrons. The number of rotatable bonds is 2. The molecule has 2 aromatic carbocycles. The summed E-state index contributed by atoms with van der Waals surface area (Å²) in [5.41, 5.74) is 11.3. The molecule has 0 amide bonds. The van der Waals surface area contributed by atoms with Gasteiger partial charge in [0.15, 0.2) is 11.6 Å². The van der Waals surface area contributed by atoms with Gasteiger partial charge in [0.1, 0.15) is 0 Å². The van der Waals surface area contributed by atoms with Crippen LogP contribution in [0.4, 0.5) is 5.69 Å². The molecular formula is C22H20N2O2. The van der Waals surface area contributed by atoms with Crippen molar-refractivity contribution < 1.29 is 9.59 Å². The van der Waals surface area contributed by atoms with Gasteiger partial charge in [-0.05, 0) is 37.6 Å². The molecule has 0 bridgehead atoms. The van der Waals surface area contributed by atoms with Gasteiger partial charge in [0.25, 0.3) is 0 Å². The van der Waals surface area contributed by atoms with Crippen LogP contribution in [0.1, 0.15) is 33.2 Å². The SMILES string of the molecule is CC1=C(N)C2C(=O)c3ccccc3C(=O)C2C(Nc2ccc(C)cc2)=C1. The number of anilines is 1. The van der Waals surface area contributed by atoms with E-state index in [1.807, 2.05) is 44.2 Å². The molecule has 0 saturated heterocycles. The lowest BCUT2D eigenvalue weighted by atomic mass is 9.68. The monoisotopic (exact) mass is 344 g/mol. The van der Waals surface area contributed by atoms with Gasteiger partial charge in [-0.15, -0.1) is 0 Å². The topological polar surface area (TPSA) is 72.2 Å². The fourth-order valence-electron chi connectivity index (χ4n) is 3.76. The lowest BCUT2D eigenvalue weighted by Crippen LogP contribution is -2.43. The highest BCUT2D eigenvalue weighted by Gasteiger charge is 2.46. The van der Waals surface area contributed by atoms with Gasteiger partial charge in [-0.1, -0.05) is 42.0 Å². The van der Waals surface area contributed by atoms with Crippen molar-refractivity contribution in [2.24, 2.45) is 17.6 Å². The summed E-state index contributed by atoms with van der Waals surface area (Å²) in [5.74, 6) is -1.40. The van der Waals surface area contributed by atoms with Crippen LogP contribution >= 0.6 is 0 Å². The van der Waals surface area contributed by atoms with Crippen LogP contribution in [0, 0.1) is 18.8 Å². The van der Waals surface area contributed by atoms with E-state index >= 15 is 0 Å². The van der Waals surface area contributed by atoms with E-state index in [9.17, 15) is 9.59 Å². The highest BCUT2D eigenvalue weighted by molar-refractivity contribution is 6.18. The molecule has 4 heteroatoms. The largest absolute Gasteiger partial charge is 0.401 e. The molecule has 3 N–H and O–H groups in total. The van der Waals surface area contributed by atoms with Crippen molar-refractivity contribution in [3.05, 3.63) is 88.3 Å². The molecule has 0 fully saturated rings. The normalized spacial score (nSPS) is 21.8. The Bertz CT molecular complexity index is 983. The highest BCUT2D eigenvalue weighted by Crippen LogP contribution is 2.41. The number of fused-ring (bicyclic) bond motifs is 2. The number of nitrogens with two attached hydrogens (primary N) is 1. The van der Waals surface area contributed by atoms with Gasteiger partial charge in [-0.25, -0.2) is 0 Å². The second-order valence-corrected chi connectivity index (χ2v) is 6.96. The minimum absolute atomic E-state index is 0.0634. The first-order valence-electron chi connectivity index (χ1n) is 8.66. The van der Waals surface area contributed by atoms with Crippen molar-refractivity contribution in [1.29, 1.82) is 0 Å². The Hall–Kier alpha value is -3.14. The first-order chi connectivity index (χ1) is 12.5. The maximum Gasteiger partial charge on any atom is 0.173 e. The summed E-state index contributed by atoms with van der Waals surface area (Å²) < 4.78 is 0. The molecule has 2 atom stereocenters. The molecule has 4 nitrogen and oxygen atoms in total. The van der Waals surface area contributed by atoms with E-state index in [2.05, 4.69) is 5.32 Å². The maximum absolute atomic E-state index is 13.2. The zero-order valence-electron chi connectivity index (χ0n) is 14.7. The van der Waals surface area contributed by atoms with Crippen molar-refractivity contribution in [2.75, 3.05) is 5.32 Å². The molecule has 0 radical (unpaired) electrons. The average Bonchev–Trinajstić information content (AvgIpc) is 2.64. The van der Waals surface area contributed by atoms with Gasteiger partial charge in [0.05, 0.1) is 11.8 Å². The Morgan fingerprint density at radius 2 is 1.42 bits per heavy atom. The number of benzene rings is 2. The highest BCUT2D eigenvalue weighted by atomic mass is 16.1. The molecule has 2 aliphatic rings. The van der Waals surface area contributed by atoms with E-state index in [-0.39, 0.29) is 11.6 Å². The van der Waals surface area contributed by atoms with Crippen LogP contribution in [-0.4, -0.2) is 11.6 Å².